The molecule has 1 aliphatic carbocycles. The number of hydrogen-bond donors (Lipinski definition) is 3. The van der Waals surface area contributed by atoms with E-state index < -0.39 is 5.54 Å². The molecule has 1 aliphatic rings. The van der Waals surface area contributed by atoms with Crippen molar-refractivity contribution in [1.29, 1.82) is 0 Å². The monoisotopic (exact) mass is 242 g/mol. The van der Waals surface area contributed by atoms with Gasteiger partial charge >= 0.3 is 0 Å². The second-order valence-corrected chi connectivity index (χ2v) is 6.27. The lowest BCUT2D eigenvalue weighted by molar-refractivity contribution is -0.127. The first kappa shape index (κ1) is 14.5. The lowest BCUT2D eigenvalue weighted by Gasteiger charge is -2.34. The van der Waals surface area contributed by atoms with Gasteiger partial charge in [-0.1, -0.05) is 33.6 Å². The first-order valence-electron chi connectivity index (χ1n) is 6.50. The molecule has 0 heterocycles. The second-order valence-electron chi connectivity index (χ2n) is 6.27. The molecular formula is C13H26N2O2. The van der Waals surface area contributed by atoms with Crippen LogP contribution < -0.4 is 11.1 Å². The number of hydrogen-bond acceptors (Lipinski definition) is 3. The van der Waals surface area contributed by atoms with Gasteiger partial charge in [0.05, 0.1) is 5.54 Å². The van der Waals surface area contributed by atoms with Crippen molar-refractivity contribution in [2.75, 3.05) is 6.61 Å². The molecule has 0 bridgehead atoms. The summed E-state index contributed by atoms with van der Waals surface area (Å²) in [6.45, 7) is 6.27. The van der Waals surface area contributed by atoms with Gasteiger partial charge in [-0.2, -0.15) is 0 Å². The fraction of sp³-hybridized carbons (Fsp3) is 0.923. The Balaban J connectivity index is 2.64. The van der Waals surface area contributed by atoms with E-state index in [0.29, 0.717) is 6.42 Å². The van der Waals surface area contributed by atoms with Crippen LogP contribution >= 0.6 is 0 Å². The molecule has 1 rings (SSSR count). The van der Waals surface area contributed by atoms with Crippen molar-refractivity contribution < 1.29 is 9.90 Å². The summed E-state index contributed by atoms with van der Waals surface area (Å²) in [5.74, 6) is -0.0524. The number of rotatable bonds is 4. The summed E-state index contributed by atoms with van der Waals surface area (Å²) >= 11 is 0. The van der Waals surface area contributed by atoms with E-state index in [1.54, 1.807) is 0 Å². The molecule has 4 N–H and O–H groups in total. The van der Waals surface area contributed by atoms with E-state index in [-0.39, 0.29) is 24.0 Å². The maximum Gasteiger partial charge on any atom is 0.240 e. The van der Waals surface area contributed by atoms with Gasteiger partial charge in [0.2, 0.25) is 5.91 Å². The van der Waals surface area contributed by atoms with Gasteiger partial charge in [-0.05, 0) is 24.7 Å². The molecular weight excluding hydrogens is 216 g/mol. The summed E-state index contributed by atoms with van der Waals surface area (Å²) in [4.78, 5) is 12.2. The quantitative estimate of drug-likeness (QED) is 0.692. The van der Waals surface area contributed by atoms with Crippen molar-refractivity contribution in [1.82, 2.24) is 5.32 Å². The van der Waals surface area contributed by atoms with Crippen molar-refractivity contribution in [3.8, 4) is 0 Å². The summed E-state index contributed by atoms with van der Waals surface area (Å²) in [6.07, 6.45) is 4.18. The minimum absolute atomic E-state index is 0.0268. The van der Waals surface area contributed by atoms with Crippen LogP contribution in [0, 0.1) is 5.41 Å². The number of aliphatic hydroxyl groups is 1. The Morgan fingerprint density at radius 2 is 1.94 bits per heavy atom. The Kier molecular flexibility index (Phi) is 4.55. The molecule has 1 unspecified atom stereocenters. The minimum Gasteiger partial charge on any atom is -0.396 e. The third-order valence-electron chi connectivity index (χ3n) is 3.72. The van der Waals surface area contributed by atoms with Crippen molar-refractivity contribution in [3.05, 3.63) is 0 Å². The van der Waals surface area contributed by atoms with E-state index in [0.717, 1.165) is 25.7 Å². The van der Waals surface area contributed by atoms with Gasteiger partial charge < -0.3 is 16.2 Å². The molecule has 4 nitrogen and oxygen atoms in total. The molecule has 0 aliphatic heterocycles. The van der Waals surface area contributed by atoms with Crippen molar-refractivity contribution in [3.63, 3.8) is 0 Å². The van der Waals surface area contributed by atoms with E-state index in [4.69, 9.17) is 10.8 Å². The van der Waals surface area contributed by atoms with Gasteiger partial charge in [0.25, 0.3) is 0 Å². The topological polar surface area (TPSA) is 75.3 Å². The predicted molar refractivity (Wildman–Crippen MR) is 68.5 cm³/mol. The SMILES string of the molecule is CC(C)(C)C(CCO)NC(=O)C1(N)CCCC1. The summed E-state index contributed by atoms with van der Waals surface area (Å²) in [6, 6.07) is -0.0268. The number of aliphatic hydroxyl groups excluding tert-OH is 1. The van der Waals surface area contributed by atoms with Crippen LogP contribution in [0.4, 0.5) is 0 Å². The second kappa shape index (κ2) is 5.36. The highest BCUT2D eigenvalue weighted by atomic mass is 16.3. The van der Waals surface area contributed by atoms with Gasteiger partial charge in [-0.25, -0.2) is 0 Å². The van der Waals surface area contributed by atoms with Crippen molar-refractivity contribution in [2.24, 2.45) is 11.1 Å². The molecule has 0 aromatic carbocycles. The van der Waals surface area contributed by atoms with E-state index in [2.05, 4.69) is 26.1 Å². The largest absolute Gasteiger partial charge is 0.396 e. The molecule has 0 aromatic heterocycles. The Hall–Kier alpha value is -0.610. The smallest absolute Gasteiger partial charge is 0.240 e. The average molecular weight is 242 g/mol. The molecule has 0 spiro atoms. The Bertz CT molecular complexity index is 265. The van der Waals surface area contributed by atoms with Gasteiger partial charge in [0.15, 0.2) is 0 Å². The van der Waals surface area contributed by atoms with Crippen LogP contribution in [0.2, 0.25) is 0 Å². The molecule has 1 fully saturated rings. The highest BCUT2D eigenvalue weighted by Crippen LogP contribution is 2.29. The summed E-state index contributed by atoms with van der Waals surface area (Å²) in [5.41, 5.74) is 5.37. The van der Waals surface area contributed by atoms with Crippen LogP contribution in [-0.2, 0) is 4.79 Å². The molecule has 1 saturated carbocycles. The Morgan fingerprint density at radius 3 is 2.35 bits per heavy atom. The minimum atomic E-state index is -0.682. The lowest BCUT2D eigenvalue weighted by Crippen LogP contribution is -2.57. The molecule has 17 heavy (non-hydrogen) atoms. The van der Waals surface area contributed by atoms with Crippen LogP contribution in [0.1, 0.15) is 52.9 Å². The first-order chi connectivity index (χ1) is 7.79. The van der Waals surface area contributed by atoms with Gasteiger partial charge in [0.1, 0.15) is 0 Å². The fourth-order valence-corrected chi connectivity index (χ4v) is 2.39. The molecule has 100 valence electrons. The summed E-state index contributed by atoms with van der Waals surface area (Å²) in [7, 11) is 0. The van der Waals surface area contributed by atoms with Crippen molar-refractivity contribution in [2.45, 2.75) is 64.5 Å². The molecule has 0 saturated heterocycles. The fourth-order valence-electron chi connectivity index (χ4n) is 2.39. The van der Waals surface area contributed by atoms with Gasteiger partial charge in [-0.3, -0.25) is 4.79 Å². The van der Waals surface area contributed by atoms with Gasteiger partial charge in [-0.15, -0.1) is 0 Å². The molecule has 1 atom stereocenters. The van der Waals surface area contributed by atoms with E-state index in [9.17, 15) is 4.79 Å². The number of amides is 1. The first-order valence-corrected chi connectivity index (χ1v) is 6.50. The third kappa shape index (κ3) is 3.68. The number of nitrogens with two attached hydrogens (primary N) is 1. The lowest BCUT2D eigenvalue weighted by atomic mass is 9.84. The normalized spacial score (nSPS) is 21.2. The van der Waals surface area contributed by atoms with Crippen LogP contribution in [0.25, 0.3) is 0 Å². The zero-order valence-electron chi connectivity index (χ0n) is 11.3. The summed E-state index contributed by atoms with van der Waals surface area (Å²) in [5, 5.41) is 12.1. The highest BCUT2D eigenvalue weighted by Gasteiger charge is 2.39. The Morgan fingerprint density at radius 1 is 1.41 bits per heavy atom. The maximum absolute atomic E-state index is 12.2. The van der Waals surface area contributed by atoms with E-state index in [1.165, 1.54) is 0 Å². The highest BCUT2D eigenvalue weighted by molar-refractivity contribution is 5.86. The standard InChI is InChI=1S/C13H26N2O2/c1-12(2,3)10(6-9-16)15-11(17)13(14)7-4-5-8-13/h10,16H,4-9,14H2,1-3H3,(H,15,17). The van der Waals surface area contributed by atoms with Crippen LogP contribution in [0.5, 0.6) is 0 Å². The number of carbonyl (C=O) groups excluding carboxylic acids is 1. The molecule has 1 amide bonds. The average Bonchev–Trinajstić information content (AvgIpc) is 2.64. The predicted octanol–water partition coefficient (Wildman–Crippen LogP) is 1.17. The zero-order valence-corrected chi connectivity index (χ0v) is 11.3. The molecule has 0 radical (unpaired) electrons. The molecule has 0 aromatic rings. The van der Waals surface area contributed by atoms with E-state index in [1.807, 2.05) is 0 Å². The van der Waals surface area contributed by atoms with Crippen LogP contribution in [-0.4, -0.2) is 29.2 Å². The zero-order chi connectivity index (χ0) is 13.1. The van der Waals surface area contributed by atoms with Crippen LogP contribution in [0.15, 0.2) is 0 Å². The maximum atomic E-state index is 12.2. The number of carbonyl (C=O) groups is 1. The Labute approximate surface area is 104 Å². The third-order valence-corrected chi connectivity index (χ3v) is 3.72. The number of nitrogens with one attached hydrogen (secondary N) is 1. The van der Waals surface area contributed by atoms with Gasteiger partial charge in [0, 0.05) is 12.6 Å². The van der Waals surface area contributed by atoms with E-state index >= 15 is 0 Å². The van der Waals surface area contributed by atoms with Crippen LogP contribution in [0.3, 0.4) is 0 Å². The molecule has 4 heteroatoms. The van der Waals surface area contributed by atoms with Crippen molar-refractivity contribution >= 4 is 5.91 Å². The summed E-state index contributed by atoms with van der Waals surface area (Å²) < 4.78 is 0.